The highest BCUT2D eigenvalue weighted by atomic mass is 19.3. The number of rotatable bonds is 6. The van der Waals surface area contributed by atoms with Crippen LogP contribution < -0.4 is 0 Å². The first-order valence-electron chi connectivity index (χ1n) is 10.0. The van der Waals surface area contributed by atoms with Crippen molar-refractivity contribution in [1.29, 1.82) is 5.41 Å². The molecule has 1 N–H and O–H groups in total. The first-order valence-corrected chi connectivity index (χ1v) is 10.0. The number of aromatic nitrogens is 2. The van der Waals surface area contributed by atoms with Crippen LogP contribution >= 0.6 is 0 Å². The molecule has 0 aliphatic heterocycles. The summed E-state index contributed by atoms with van der Waals surface area (Å²) in [4.78, 5) is 1.62. The van der Waals surface area contributed by atoms with E-state index < -0.39 is 23.6 Å². The van der Waals surface area contributed by atoms with Gasteiger partial charge >= 0.3 is 0 Å². The molecule has 0 radical (unpaired) electrons. The molecule has 2 saturated carbocycles. The molecule has 29 heavy (non-hydrogen) atoms. The second-order valence-corrected chi connectivity index (χ2v) is 8.01. The Hall–Kier alpha value is -2.38. The number of alkyl halides is 2. The largest absolute Gasteiger partial charge is 0.349 e. The SMILES string of the molecule is Cn1nc(C(F)F)c(C(=N)N(Cc2cc(F)ccc2C2CCCC2)C2CC2)c1F. The van der Waals surface area contributed by atoms with Gasteiger partial charge in [-0.15, -0.1) is 0 Å². The summed E-state index contributed by atoms with van der Waals surface area (Å²) in [7, 11) is 1.24. The van der Waals surface area contributed by atoms with Gasteiger partial charge in [0.1, 0.15) is 22.9 Å². The molecule has 156 valence electrons. The molecule has 0 unspecified atom stereocenters. The van der Waals surface area contributed by atoms with Crippen LogP contribution in [0.15, 0.2) is 18.2 Å². The van der Waals surface area contributed by atoms with Crippen molar-refractivity contribution in [2.45, 2.75) is 63.5 Å². The fourth-order valence-electron chi connectivity index (χ4n) is 4.35. The summed E-state index contributed by atoms with van der Waals surface area (Å²) in [6, 6.07) is 4.67. The summed E-state index contributed by atoms with van der Waals surface area (Å²) < 4.78 is 56.1. The summed E-state index contributed by atoms with van der Waals surface area (Å²) in [5.41, 5.74) is 0.601. The lowest BCUT2D eigenvalue weighted by molar-refractivity contribution is 0.145. The number of amidine groups is 1. The number of hydrogen-bond donors (Lipinski definition) is 1. The number of hydrogen-bond acceptors (Lipinski definition) is 2. The molecule has 2 fully saturated rings. The molecule has 1 heterocycles. The Labute approximate surface area is 167 Å². The summed E-state index contributed by atoms with van der Waals surface area (Å²) >= 11 is 0. The third-order valence-electron chi connectivity index (χ3n) is 5.96. The van der Waals surface area contributed by atoms with E-state index in [1.54, 1.807) is 11.0 Å². The van der Waals surface area contributed by atoms with Gasteiger partial charge in [0, 0.05) is 19.6 Å². The normalized spacial score (nSPS) is 17.3. The Kier molecular flexibility index (Phi) is 5.36. The molecule has 1 aromatic heterocycles. The Bertz CT molecular complexity index is 914. The molecule has 2 aliphatic rings. The first-order chi connectivity index (χ1) is 13.9. The van der Waals surface area contributed by atoms with Crippen LogP contribution in [0.1, 0.15) is 73.3 Å². The Morgan fingerprint density at radius 1 is 1.21 bits per heavy atom. The molecule has 0 atom stereocenters. The maximum atomic E-state index is 14.5. The van der Waals surface area contributed by atoms with Gasteiger partial charge in [-0.05, 0) is 54.9 Å². The molecular weight excluding hydrogens is 384 g/mol. The van der Waals surface area contributed by atoms with Crippen LogP contribution in [0.4, 0.5) is 17.6 Å². The Morgan fingerprint density at radius 3 is 2.52 bits per heavy atom. The second-order valence-electron chi connectivity index (χ2n) is 8.01. The predicted octanol–water partition coefficient (Wildman–Crippen LogP) is 5.28. The summed E-state index contributed by atoms with van der Waals surface area (Å²) in [6.07, 6.45) is 2.93. The molecule has 1 aromatic carbocycles. The van der Waals surface area contributed by atoms with Crippen LogP contribution in [0, 0.1) is 17.2 Å². The van der Waals surface area contributed by atoms with Crippen molar-refractivity contribution in [2.24, 2.45) is 7.05 Å². The van der Waals surface area contributed by atoms with E-state index in [0.29, 0.717) is 5.92 Å². The van der Waals surface area contributed by atoms with Crippen LogP contribution in [-0.2, 0) is 13.6 Å². The van der Waals surface area contributed by atoms with Gasteiger partial charge in [-0.3, -0.25) is 5.41 Å². The minimum atomic E-state index is -2.98. The van der Waals surface area contributed by atoms with Gasteiger partial charge in [0.2, 0.25) is 5.95 Å². The number of aryl methyl sites for hydroxylation is 1. The van der Waals surface area contributed by atoms with Gasteiger partial charge in [0.05, 0.1) is 0 Å². The van der Waals surface area contributed by atoms with E-state index in [4.69, 9.17) is 5.41 Å². The zero-order valence-electron chi connectivity index (χ0n) is 16.3. The molecule has 0 saturated heterocycles. The second kappa shape index (κ2) is 7.80. The lowest BCUT2D eigenvalue weighted by Gasteiger charge is -2.27. The highest BCUT2D eigenvalue weighted by Gasteiger charge is 2.36. The van der Waals surface area contributed by atoms with Crippen molar-refractivity contribution in [3.8, 4) is 0 Å². The van der Waals surface area contributed by atoms with E-state index in [-0.39, 0.29) is 24.2 Å². The molecule has 2 aliphatic carbocycles. The van der Waals surface area contributed by atoms with Crippen LogP contribution in [0.5, 0.6) is 0 Å². The third-order valence-corrected chi connectivity index (χ3v) is 5.96. The van der Waals surface area contributed by atoms with Crippen molar-refractivity contribution in [1.82, 2.24) is 14.7 Å². The molecule has 8 heteroatoms. The predicted molar refractivity (Wildman–Crippen MR) is 101 cm³/mol. The lowest BCUT2D eigenvalue weighted by atomic mass is 9.92. The number of benzene rings is 1. The van der Waals surface area contributed by atoms with Crippen LogP contribution in [-0.4, -0.2) is 26.6 Å². The summed E-state index contributed by atoms with van der Waals surface area (Å²) in [6.45, 7) is 0.199. The summed E-state index contributed by atoms with van der Waals surface area (Å²) in [5, 5.41) is 12.1. The van der Waals surface area contributed by atoms with Crippen molar-refractivity contribution < 1.29 is 17.6 Å². The van der Waals surface area contributed by atoms with Gasteiger partial charge in [-0.2, -0.15) is 9.49 Å². The highest BCUT2D eigenvalue weighted by Crippen LogP contribution is 2.38. The molecule has 0 bridgehead atoms. The Morgan fingerprint density at radius 2 is 1.90 bits per heavy atom. The molecule has 2 aromatic rings. The van der Waals surface area contributed by atoms with Crippen LogP contribution in [0.2, 0.25) is 0 Å². The van der Waals surface area contributed by atoms with E-state index in [1.165, 1.54) is 19.2 Å². The van der Waals surface area contributed by atoms with Gasteiger partial charge in [0.15, 0.2) is 0 Å². The minimum Gasteiger partial charge on any atom is -0.349 e. The monoisotopic (exact) mass is 408 g/mol. The van der Waals surface area contributed by atoms with Crippen LogP contribution in [0.3, 0.4) is 0 Å². The van der Waals surface area contributed by atoms with E-state index in [1.807, 2.05) is 0 Å². The minimum absolute atomic E-state index is 0.0349. The highest BCUT2D eigenvalue weighted by molar-refractivity contribution is 5.98. The van der Waals surface area contributed by atoms with E-state index >= 15 is 0 Å². The zero-order valence-corrected chi connectivity index (χ0v) is 16.3. The standard InChI is InChI=1S/C21H24F4N4/c1-28-20(25)17(18(27-28)19(23)24)21(26)29(15-7-8-15)11-13-10-14(22)6-9-16(13)12-4-2-3-5-12/h6,9-10,12,15,19,26H,2-5,7-8,11H2,1H3. The van der Waals surface area contributed by atoms with Crippen molar-refractivity contribution in [3.05, 3.63) is 52.3 Å². The Balaban J connectivity index is 1.69. The third kappa shape index (κ3) is 3.89. The molecule has 0 amide bonds. The quantitative estimate of drug-likeness (QED) is 0.401. The smallest absolute Gasteiger partial charge is 0.283 e. The maximum absolute atomic E-state index is 14.5. The zero-order chi connectivity index (χ0) is 20.7. The van der Waals surface area contributed by atoms with E-state index in [9.17, 15) is 17.6 Å². The average Bonchev–Trinajstić information content (AvgIpc) is 3.28. The fourth-order valence-corrected chi connectivity index (χ4v) is 4.35. The maximum Gasteiger partial charge on any atom is 0.283 e. The molecule has 0 spiro atoms. The van der Waals surface area contributed by atoms with Crippen LogP contribution in [0.25, 0.3) is 0 Å². The van der Waals surface area contributed by atoms with Gasteiger partial charge < -0.3 is 4.90 Å². The van der Waals surface area contributed by atoms with Gasteiger partial charge in [-0.1, -0.05) is 18.9 Å². The van der Waals surface area contributed by atoms with Gasteiger partial charge in [-0.25, -0.2) is 17.9 Å². The number of nitrogens with one attached hydrogen (secondary N) is 1. The lowest BCUT2D eigenvalue weighted by Crippen LogP contribution is -2.34. The van der Waals surface area contributed by atoms with E-state index in [0.717, 1.165) is 54.3 Å². The molecular formula is C21H24F4N4. The molecule has 4 rings (SSSR count). The van der Waals surface area contributed by atoms with Crippen molar-refractivity contribution >= 4 is 5.84 Å². The topological polar surface area (TPSA) is 44.9 Å². The first kappa shape index (κ1) is 19.9. The van der Waals surface area contributed by atoms with Gasteiger partial charge in [0.25, 0.3) is 6.43 Å². The number of halogens is 4. The summed E-state index contributed by atoms with van der Waals surface area (Å²) in [5.74, 6) is -1.29. The molecule has 4 nitrogen and oxygen atoms in total. The fraction of sp³-hybridized carbons (Fsp3) is 0.524. The van der Waals surface area contributed by atoms with Crippen molar-refractivity contribution in [2.75, 3.05) is 0 Å². The average molecular weight is 408 g/mol. The van der Waals surface area contributed by atoms with Crippen molar-refractivity contribution in [3.63, 3.8) is 0 Å². The van der Waals surface area contributed by atoms with E-state index in [2.05, 4.69) is 5.10 Å². The number of nitrogens with zero attached hydrogens (tertiary/aromatic N) is 3.